The molecule has 2 fully saturated rings. The second kappa shape index (κ2) is 15.9. The predicted molar refractivity (Wildman–Crippen MR) is 214 cm³/mol. The van der Waals surface area contributed by atoms with E-state index in [2.05, 4.69) is 87.9 Å². The SMILES string of the molecule is CC(C)[Si]1(C(C)C)OC[C@H]2O[C@@H](n3cnc4c(N(C(=O)c5ccccc5)C(=O)c5ccccc5)ncnc43)[C@@H](CCI)[C@@H]2O[Si](C(C)C)(C(C)C)O1. The summed E-state index contributed by atoms with van der Waals surface area (Å²) in [4.78, 5) is 43.3. The zero-order valence-corrected chi connectivity index (χ0v) is 35.4. The molecule has 0 bridgehead atoms. The molecule has 2 aromatic heterocycles. The Morgan fingerprint density at radius 2 is 1.38 bits per heavy atom. The number of rotatable bonds is 10. The molecule has 0 saturated carbocycles. The Morgan fingerprint density at radius 1 is 0.827 bits per heavy atom. The van der Waals surface area contributed by atoms with Crippen LogP contribution in [0.3, 0.4) is 0 Å². The van der Waals surface area contributed by atoms with Crippen molar-refractivity contribution in [3.8, 4) is 0 Å². The van der Waals surface area contributed by atoms with Crippen molar-refractivity contribution in [2.24, 2.45) is 5.92 Å². The third-order valence-electron chi connectivity index (χ3n) is 10.5. The smallest absolute Gasteiger partial charge is 0.335 e. The molecule has 2 aromatic carbocycles. The van der Waals surface area contributed by atoms with Gasteiger partial charge in [0.25, 0.3) is 11.8 Å². The van der Waals surface area contributed by atoms with Crippen molar-refractivity contribution < 1.29 is 27.3 Å². The first-order chi connectivity index (χ1) is 24.9. The van der Waals surface area contributed by atoms with E-state index in [1.165, 1.54) is 6.33 Å². The van der Waals surface area contributed by atoms with Crippen LogP contribution in [0.25, 0.3) is 11.2 Å². The maximum Gasteiger partial charge on any atom is 0.335 e. The predicted octanol–water partition coefficient (Wildman–Crippen LogP) is 8.61. The number of anilines is 1. The topological polar surface area (TPSA) is 118 Å². The summed E-state index contributed by atoms with van der Waals surface area (Å²) >= 11 is 2.41. The van der Waals surface area contributed by atoms with Crippen molar-refractivity contribution in [1.82, 2.24) is 19.5 Å². The minimum absolute atomic E-state index is 0.0745. The van der Waals surface area contributed by atoms with Crippen LogP contribution < -0.4 is 4.90 Å². The molecule has 4 heterocycles. The Morgan fingerprint density at radius 3 is 1.90 bits per heavy atom. The Bertz CT molecular complexity index is 1790. The maximum absolute atomic E-state index is 14.1. The quantitative estimate of drug-likeness (QED) is 0.0669. The Hall–Kier alpha value is -2.87. The van der Waals surface area contributed by atoms with Gasteiger partial charge in [0.15, 0.2) is 17.0 Å². The maximum atomic E-state index is 14.1. The van der Waals surface area contributed by atoms with Crippen molar-refractivity contribution in [1.29, 1.82) is 0 Å². The number of carbonyl (C=O) groups is 2. The van der Waals surface area contributed by atoms with Gasteiger partial charge in [-0.2, -0.15) is 0 Å². The first-order valence-corrected chi connectivity index (χ1v) is 23.7. The van der Waals surface area contributed by atoms with Crippen LogP contribution in [0.4, 0.5) is 5.82 Å². The van der Waals surface area contributed by atoms with E-state index in [9.17, 15) is 9.59 Å². The fraction of sp³-hybridized carbons (Fsp3) is 0.500. The molecule has 14 heteroatoms. The fourth-order valence-electron chi connectivity index (χ4n) is 7.83. The number of amides is 2. The molecule has 2 aliphatic rings. The molecule has 0 unspecified atom stereocenters. The van der Waals surface area contributed by atoms with Crippen molar-refractivity contribution in [3.05, 3.63) is 84.4 Å². The standard InChI is InChI=1S/C38H50IN5O6Si2/c1-24(2)51(25(3)4)47-21-31-33(49-52(50-51,26(5)6)27(7)8)30(19-20-39)38(48-31)43-23-42-32-34(43)40-22-41-35(32)44(36(45)28-15-11-9-12-16-28)37(46)29-17-13-10-14-18-29/h9-18,22-27,30-31,33,38H,19-21H2,1-8H3/t30-,31+,33-,38+/m0/s1. The highest BCUT2D eigenvalue weighted by atomic mass is 127. The lowest BCUT2D eigenvalue weighted by atomic mass is 9.97. The highest BCUT2D eigenvalue weighted by molar-refractivity contribution is 14.1. The Labute approximate surface area is 322 Å². The van der Waals surface area contributed by atoms with E-state index in [0.717, 1.165) is 15.7 Å². The number of imidazole rings is 1. The van der Waals surface area contributed by atoms with E-state index in [4.69, 9.17) is 22.7 Å². The summed E-state index contributed by atoms with van der Waals surface area (Å²) in [6.07, 6.45) is 2.75. The summed E-state index contributed by atoms with van der Waals surface area (Å²) in [5.74, 6) is -1.00. The highest BCUT2D eigenvalue weighted by Crippen LogP contribution is 2.50. The number of ether oxygens (including phenoxy) is 1. The summed E-state index contributed by atoms with van der Waals surface area (Å²) < 4.78 is 31.8. The van der Waals surface area contributed by atoms with E-state index in [1.807, 2.05) is 16.7 Å². The molecule has 2 aliphatic heterocycles. The molecule has 52 heavy (non-hydrogen) atoms. The average molecular weight is 856 g/mol. The molecule has 2 saturated heterocycles. The van der Waals surface area contributed by atoms with Gasteiger partial charge in [0.1, 0.15) is 18.7 Å². The number of aromatic nitrogens is 4. The lowest BCUT2D eigenvalue weighted by Gasteiger charge is -2.51. The minimum atomic E-state index is -2.90. The van der Waals surface area contributed by atoms with Crippen LogP contribution >= 0.6 is 22.6 Å². The largest absolute Gasteiger partial charge is 0.414 e. The number of hydrogen-bond donors (Lipinski definition) is 0. The van der Waals surface area contributed by atoms with Crippen LogP contribution in [0.5, 0.6) is 0 Å². The summed E-state index contributed by atoms with van der Waals surface area (Å²) in [5.41, 5.74) is 2.25. The number of benzene rings is 2. The molecular weight excluding hydrogens is 806 g/mol. The third-order valence-corrected chi connectivity index (χ3v) is 21.4. The van der Waals surface area contributed by atoms with Crippen LogP contribution in [0, 0.1) is 5.92 Å². The molecule has 0 aliphatic carbocycles. The summed E-state index contributed by atoms with van der Waals surface area (Å²) in [7, 11) is -5.66. The second-order valence-corrected chi connectivity index (χ2v) is 24.9. The molecular formula is C38H50IN5O6Si2. The van der Waals surface area contributed by atoms with Gasteiger partial charge < -0.3 is 17.7 Å². The molecule has 2 amide bonds. The number of alkyl halides is 1. The van der Waals surface area contributed by atoms with Gasteiger partial charge in [-0.1, -0.05) is 114 Å². The first kappa shape index (κ1) is 38.8. The van der Waals surface area contributed by atoms with Gasteiger partial charge in [0, 0.05) is 21.5 Å². The molecule has 6 rings (SSSR count). The highest BCUT2D eigenvalue weighted by Gasteiger charge is 2.61. The molecule has 278 valence electrons. The minimum Gasteiger partial charge on any atom is -0.414 e. The van der Waals surface area contributed by atoms with Gasteiger partial charge in [0.05, 0.1) is 19.0 Å². The van der Waals surface area contributed by atoms with Crippen molar-refractivity contribution in [3.63, 3.8) is 0 Å². The summed E-state index contributed by atoms with van der Waals surface area (Å²) in [5, 5.41) is 0. The van der Waals surface area contributed by atoms with Crippen LogP contribution in [-0.2, 0) is 17.7 Å². The number of nitrogens with zero attached hydrogens (tertiary/aromatic N) is 5. The number of fused-ring (bicyclic) bond motifs is 2. The third kappa shape index (κ3) is 6.95. The van der Waals surface area contributed by atoms with E-state index in [0.29, 0.717) is 28.9 Å². The lowest BCUT2D eigenvalue weighted by molar-refractivity contribution is -0.0550. The van der Waals surface area contributed by atoms with Crippen molar-refractivity contribution >= 4 is 68.5 Å². The number of imide groups is 1. The van der Waals surface area contributed by atoms with E-state index < -0.39 is 35.2 Å². The number of hydrogen-bond acceptors (Lipinski definition) is 9. The van der Waals surface area contributed by atoms with Crippen LogP contribution in [0.15, 0.2) is 73.3 Å². The summed E-state index contributed by atoms with van der Waals surface area (Å²) in [6.45, 7) is 18.1. The van der Waals surface area contributed by atoms with Crippen LogP contribution in [0.1, 0.15) is 88.8 Å². The summed E-state index contributed by atoms with van der Waals surface area (Å²) in [6, 6.07) is 17.4. The molecule has 0 N–H and O–H groups in total. The normalized spacial score (nSPS) is 22.9. The lowest BCUT2D eigenvalue weighted by Crippen LogP contribution is -2.65. The zero-order chi connectivity index (χ0) is 37.4. The molecule has 11 nitrogen and oxygen atoms in total. The van der Waals surface area contributed by atoms with Gasteiger partial charge >= 0.3 is 17.1 Å². The number of halogens is 1. The van der Waals surface area contributed by atoms with Gasteiger partial charge in [-0.05, 0) is 52.9 Å². The molecule has 4 atom stereocenters. The van der Waals surface area contributed by atoms with E-state index >= 15 is 0 Å². The average Bonchev–Trinajstić information content (AvgIpc) is 3.70. The number of carbonyl (C=O) groups excluding carboxylic acids is 2. The van der Waals surface area contributed by atoms with Crippen molar-refractivity contribution in [2.75, 3.05) is 15.9 Å². The van der Waals surface area contributed by atoms with Crippen LogP contribution in [0.2, 0.25) is 22.2 Å². The van der Waals surface area contributed by atoms with Gasteiger partial charge in [-0.25, -0.2) is 19.9 Å². The van der Waals surface area contributed by atoms with E-state index in [1.54, 1.807) is 54.9 Å². The second-order valence-electron chi connectivity index (χ2n) is 15.0. The molecule has 0 radical (unpaired) electrons. The Kier molecular flexibility index (Phi) is 11.8. The van der Waals surface area contributed by atoms with Crippen molar-refractivity contribution in [2.45, 2.75) is 102 Å². The van der Waals surface area contributed by atoms with Crippen LogP contribution in [-0.4, -0.2) is 71.7 Å². The van der Waals surface area contributed by atoms with Gasteiger partial charge in [0.2, 0.25) is 0 Å². The zero-order valence-electron chi connectivity index (χ0n) is 31.2. The first-order valence-electron chi connectivity index (χ1n) is 18.3. The van der Waals surface area contributed by atoms with E-state index in [-0.39, 0.29) is 46.1 Å². The fourth-order valence-corrected chi connectivity index (χ4v) is 19.8. The van der Waals surface area contributed by atoms with Gasteiger partial charge in [-0.3, -0.25) is 14.2 Å². The Balaban J connectivity index is 1.45. The monoisotopic (exact) mass is 855 g/mol. The van der Waals surface area contributed by atoms with Gasteiger partial charge in [-0.15, -0.1) is 0 Å². The molecule has 4 aromatic rings. The molecule has 0 spiro atoms.